The topological polar surface area (TPSA) is 48.7 Å². The van der Waals surface area contributed by atoms with E-state index in [1.807, 2.05) is 12.3 Å². The lowest BCUT2D eigenvalue weighted by molar-refractivity contribution is -0.137. The molecule has 0 fully saturated rings. The maximum absolute atomic E-state index is 12.8. The Morgan fingerprint density at radius 2 is 2.14 bits per heavy atom. The molecule has 0 aliphatic carbocycles. The number of aromatic nitrogens is 1. The number of rotatable bonds is 4. The van der Waals surface area contributed by atoms with Gasteiger partial charge in [-0.2, -0.15) is 18.4 Å². The number of nitrogens with one attached hydrogen (secondary N) is 1. The molecule has 0 saturated carbocycles. The molecule has 1 aromatic heterocycles. The Bertz CT molecular complexity index is 671. The van der Waals surface area contributed by atoms with Gasteiger partial charge in [0.15, 0.2) is 0 Å². The third-order valence-electron chi connectivity index (χ3n) is 2.78. The standard InChI is InChI=1S/C14H12F3N3S/c1-9-8-21-13(20-9)4-5-19-11-3-2-10(7-18)12(6-11)14(15,16)17/h2-3,6,8,19H,4-5H2,1H3. The minimum atomic E-state index is -4.53. The van der Waals surface area contributed by atoms with E-state index < -0.39 is 11.7 Å². The fraction of sp³-hybridized carbons (Fsp3) is 0.286. The van der Waals surface area contributed by atoms with E-state index >= 15 is 0 Å². The lowest BCUT2D eigenvalue weighted by atomic mass is 10.1. The fourth-order valence-corrected chi connectivity index (χ4v) is 2.59. The molecule has 0 amide bonds. The molecule has 1 heterocycles. The van der Waals surface area contributed by atoms with Gasteiger partial charge in [-0.25, -0.2) is 4.98 Å². The van der Waals surface area contributed by atoms with Gasteiger partial charge in [0, 0.05) is 29.7 Å². The van der Waals surface area contributed by atoms with Crippen LogP contribution in [0.3, 0.4) is 0 Å². The van der Waals surface area contributed by atoms with Crippen LogP contribution in [0.1, 0.15) is 21.8 Å². The number of anilines is 1. The summed E-state index contributed by atoms with van der Waals surface area (Å²) in [5, 5.41) is 14.5. The number of alkyl halides is 3. The molecule has 0 aliphatic rings. The molecule has 21 heavy (non-hydrogen) atoms. The Morgan fingerprint density at radius 3 is 2.71 bits per heavy atom. The molecule has 7 heteroatoms. The van der Waals surface area contributed by atoms with Crippen LogP contribution in [0.25, 0.3) is 0 Å². The SMILES string of the molecule is Cc1csc(CCNc2ccc(C#N)c(C(F)(F)F)c2)n1. The number of thiazole rings is 1. The lowest BCUT2D eigenvalue weighted by Gasteiger charge is -2.12. The summed E-state index contributed by atoms with van der Waals surface area (Å²) in [6.45, 7) is 2.37. The Hall–Kier alpha value is -2.07. The third kappa shape index (κ3) is 3.95. The van der Waals surface area contributed by atoms with Crippen molar-refractivity contribution in [1.82, 2.24) is 4.98 Å². The van der Waals surface area contributed by atoms with Gasteiger partial charge < -0.3 is 5.32 Å². The predicted octanol–water partition coefficient (Wildman–Crippen LogP) is 4.00. The van der Waals surface area contributed by atoms with Crippen LogP contribution in [0.5, 0.6) is 0 Å². The summed E-state index contributed by atoms with van der Waals surface area (Å²) in [7, 11) is 0. The second-order valence-corrected chi connectivity index (χ2v) is 5.37. The number of nitrogens with zero attached hydrogens (tertiary/aromatic N) is 2. The van der Waals surface area contributed by atoms with Crippen LogP contribution < -0.4 is 5.32 Å². The molecule has 0 aliphatic heterocycles. The largest absolute Gasteiger partial charge is 0.417 e. The summed E-state index contributed by atoms with van der Waals surface area (Å²) < 4.78 is 38.5. The number of halogens is 3. The summed E-state index contributed by atoms with van der Waals surface area (Å²) in [5.41, 5.74) is -0.00831. The van der Waals surface area contributed by atoms with E-state index in [9.17, 15) is 13.2 Å². The summed E-state index contributed by atoms with van der Waals surface area (Å²) in [5.74, 6) is 0. The zero-order chi connectivity index (χ0) is 15.5. The normalized spacial score (nSPS) is 11.2. The van der Waals surface area contributed by atoms with Gasteiger partial charge in [-0.15, -0.1) is 11.3 Å². The summed E-state index contributed by atoms with van der Waals surface area (Å²) >= 11 is 1.52. The van der Waals surface area contributed by atoms with E-state index in [0.717, 1.165) is 16.8 Å². The van der Waals surface area contributed by atoms with Gasteiger partial charge in [0.2, 0.25) is 0 Å². The molecular weight excluding hydrogens is 299 g/mol. The van der Waals surface area contributed by atoms with E-state index in [-0.39, 0.29) is 5.56 Å². The zero-order valence-corrected chi connectivity index (χ0v) is 12.0. The minimum Gasteiger partial charge on any atom is -0.385 e. The maximum atomic E-state index is 12.8. The number of hydrogen-bond donors (Lipinski definition) is 1. The van der Waals surface area contributed by atoms with Crippen molar-refractivity contribution < 1.29 is 13.2 Å². The van der Waals surface area contributed by atoms with Gasteiger partial charge in [-0.1, -0.05) is 0 Å². The fourth-order valence-electron chi connectivity index (χ4n) is 1.82. The van der Waals surface area contributed by atoms with Crippen LogP contribution in [0.15, 0.2) is 23.6 Å². The molecule has 2 rings (SSSR count). The van der Waals surface area contributed by atoms with Crippen molar-refractivity contribution in [1.29, 1.82) is 5.26 Å². The summed E-state index contributed by atoms with van der Waals surface area (Å²) in [6.07, 6.45) is -3.89. The number of benzene rings is 1. The Labute approximate surface area is 124 Å². The van der Waals surface area contributed by atoms with Gasteiger partial charge in [0.1, 0.15) is 0 Å². The van der Waals surface area contributed by atoms with E-state index in [0.29, 0.717) is 18.7 Å². The first-order valence-electron chi connectivity index (χ1n) is 6.16. The molecule has 3 nitrogen and oxygen atoms in total. The van der Waals surface area contributed by atoms with Gasteiger partial charge in [-0.3, -0.25) is 0 Å². The molecule has 1 N–H and O–H groups in total. The molecule has 0 bridgehead atoms. The molecule has 0 spiro atoms. The predicted molar refractivity (Wildman–Crippen MR) is 75.2 cm³/mol. The van der Waals surface area contributed by atoms with Crippen LogP contribution >= 0.6 is 11.3 Å². The first kappa shape index (κ1) is 15.3. The Balaban J connectivity index is 2.06. The van der Waals surface area contributed by atoms with Crippen molar-refractivity contribution in [3.63, 3.8) is 0 Å². The molecule has 0 unspecified atom stereocenters. The van der Waals surface area contributed by atoms with Crippen LogP contribution in [0.2, 0.25) is 0 Å². The first-order valence-corrected chi connectivity index (χ1v) is 7.04. The van der Waals surface area contributed by atoms with Gasteiger partial charge in [-0.05, 0) is 25.1 Å². The summed E-state index contributed by atoms with van der Waals surface area (Å²) in [4.78, 5) is 4.28. The highest BCUT2D eigenvalue weighted by Crippen LogP contribution is 2.33. The van der Waals surface area contributed by atoms with Crippen molar-refractivity contribution in [3.8, 4) is 6.07 Å². The van der Waals surface area contributed by atoms with Crippen LogP contribution in [-0.4, -0.2) is 11.5 Å². The lowest BCUT2D eigenvalue weighted by Crippen LogP contribution is -2.10. The maximum Gasteiger partial charge on any atom is 0.417 e. The third-order valence-corrected chi connectivity index (χ3v) is 3.81. The van der Waals surface area contributed by atoms with Gasteiger partial charge in [0.05, 0.1) is 22.2 Å². The number of nitriles is 1. The zero-order valence-electron chi connectivity index (χ0n) is 11.2. The van der Waals surface area contributed by atoms with Crippen LogP contribution in [0, 0.1) is 18.3 Å². The van der Waals surface area contributed by atoms with Crippen LogP contribution in [-0.2, 0) is 12.6 Å². The van der Waals surface area contributed by atoms with E-state index in [2.05, 4.69) is 10.3 Å². The minimum absolute atomic E-state index is 0.342. The first-order chi connectivity index (χ1) is 9.90. The van der Waals surface area contributed by atoms with E-state index in [1.54, 1.807) is 6.07 Å². The van der Waals surface area contributed by atoms with E-state index in [1.165, 1.54) is 23.5 Å². The van der Waals surface area contributed by atoms with Gasteiger partial charge in [0.25, 0.3) is 0 Å². The highest BCUT2D eigenvalue weighted by atomic mass is 32.1. The van der Waals surface area contributed by atoms with Crippen molar-refractivity contribution in [2.75, 3.05) is 11.9 Å². The summed E-state index contributed by atoms with van der Waals surface area (Å²) in [6, 6.07) is 5.17. The Kier molecular flexibility index (Phi) is 4.48. The highest BCUT2D eigenvalue weighted by molar-refractivity contribution is 7.09. The molecule has 2 aromatic rings. The van der Waals surface area contributed by atoms with Crippen molar-refractivity contribution >= 4 is 17.0 Å². The van der Waals surface area contributed by atoms with Crippen molar-refractivity contribution in [2.24, 2.45) is 0 Å². The van der Waals surface area contributed by atoms with Crippen molar-refractivity contribution in [3.05, 3.63) is 45.4 Å². The average Bonchev–Trinajstić information content (AvgIpc) is 2.83. The second kappa shape index (κ2) is 6.14. The average molecular weight is 311 g/mol. The second-order valence-electron chi connectivity index (χ2n) is 4.43. The molecular formula is C14H12F3N3S. The Morgan fingerprint density at radius 1 is 1.38 bits per heavy atom. The molecule has 0 radical (unpaired) electrons. The number of aryl methyl sites for hydroxylation is 1. The van der Waals surface area contributed by atoms with Gasteiger partial charge >= 0.3 is 6.18 Å². The molecule has 1 aromatic carbocycles. The number of hydrogen-bond acceptors (Lipinski definition) is 4. The van der Waals surface area contributed by atoms with Crippen molar-refractivity contribution in [2.45, 2.75) is 19.5 Å². The monoisotopic (exact) mass is 311 g/mol. The van der Waals surface area contributed by atoms with Crippen LogP contribution in [0.4, 0.5) is 18.9 Å². The smallest absolute Gasteiger partial charge is 0.385 e. The molecule has 0 saturated heterocycles. The highest BCUT2D eigenvalue weighted by Gasteiger charge is 2.33. The van der Waals surface area contributed by atoms with E-state index in [4.69, 9.17) is 5.26 Å². The molecule has 110 valence electrons. The molecule has 0 atom stereocenters. The quantitative estimate of drug-likeness (QED) is 0.928.